The van der Waals surface area contributed by atoms with Gasteiger partial charge in [0.15, 0.2) is 11.5 Å². The van der Waals surface area contributed by atoms with Gasteiger partial charge >= 0.3 is 0 Å². The third-order valence-corrected chi connectivity index (χ3v) is 6.12. The maximum atomic E-state index is 13.4. The zero-order valence-electron chi connectivity index (χ0n) is 20.2. The summed E-state index contributed by atoms with van der Waals surface area (Å²) in [5.74, 6) is -0.648. The van der Waals surface area contributed by atoms with Crippen LogP contribution in [-0.2, 0) is 9.59 Å². The number of aliphatic hydroxyl groups is 1. The Hall–Kier alpha value is -4.77. The summed E-state index contributed by atoms with van der Waals surface area (Å²) < 4.78 is 16.4. The van der Waals surface area contributed by atoms with E-state index in [1.54, 1.807) is 67.8 Å². The highest BCUT2D eigenvalue weighted by Crippen LogP contribution is 2.47. The molecule has 0 spiro atoms. The van der Waals surface area contributed by atoms with E-state index < -0.39 is 17.7 Å². The highest BCUT2D eigenvalue weighted by molar-refractivity contribution is 6.51. The molecule has 36 heavy (non-hydrogen) atoms. The number of carbonyl (C=O) groups excluding carboxylic acids is 2. The van der Waals surface area contributed by atoms with E-state index in [1.165, 1.54) is 19.1 Å². The van der Waals surface area contributed by atoms with Gasteiger partial charge in [0.2, 0.25) is 0 Å². The van der Waals surface area contributed by atoms with Crippen molar-refractivity contribution in [2.45, 2.75) is 13.0 Å². The molecule has 0 bridgehead atoms. The molecule has 4 rings (SSSR count). The first kappa shape index (κ1) is 24.4. The number of ether oxygens (including phenoxy) is 3. The molecule has 8 nitrogen and oxygen atoms in total. The van der Waals surface area contributed by atoms with Gasteiger partial charge in [0.1, 0.15) is 11.5 Å². The molecular formula is C28H24N2O6. The number of hydrogen-bond donors (Lipinski definition) is 1. The number of methoxy groups -OCH3 is 3. The molecule has 8 heteroatoms. The van der Waals surface area contributed by atoms with E-state index in [1.807, 2.05) is 13.0 Å². The molecule has 1 atom stereocenters. The number of Topliss-reactive ketones (excluding diaryl/α,β-unsaturated/α-hetero) is 1. The molecule has 0 aliphatic carbocycles. The number of hydrogen-bond acceptors (Lipinski definition) is 7. The first-order valence-corrected chi connectivity index (χ1v) is 11.0. The molecule has 0 saturated carbocycles. The predicted octanol–water partition coefficient (Wildman–Crippen LogP) is 4.52. The smallest absolute Gasteiger partial charge is 0.300 e. The summed E-state index contributed by atoms with van der Waals surface area (Å²) in [6.45, 7) is 1.81. The minimum absolute atomic E-state index is 0.0968. The minimum atomic E-state index is -1.02. The van der Waals surface area contributed by atoms with Crippen LogP contribution in [-0.4, -0.2) is 38.1 Å². The Labute approximate surface area is 208 Å². The van der Waals surface area contributed by atoms with E-state index in [2.05, 4.69) is 0 Å². The van der Waals surface area contributed by atoms with E-state index in [-0.39, 0.29) is 11.3 Å². The van der Waals surface area contributed by atoms with E-state index in [0.29, 0.717) is 39.6 Å². The Kier molecular flexibility index (Phi) is 6.66. The van der Waals surface area contributed by atoms with Gasteiger partial charge in [-0.1, -0.05) is 12.1 Å². The van der Waals surface area contributed by atoms with Gasteiger partial charge in [-0.05, 0) is 61.0 Å². The fraction of sp³-hybridized carbons (Fsp3) is 0.179. The van der Waals surface area contributed by atoms with Gasteiger partial charge in [-0.2, -0.15) is 5.26 Å². The number of anilines is 1. The SMILES string of the molecule is COc1ccc(/C(O)=C2/C(=O)C(=O)N(c3ccc(C#N)cc3)C2c2cccc(OC)c2OC)cc1C. The van der Waals surface area contributed by atoms with E-state index in [4.69, 9.17) is 14.2 Å². The molecule has 3 aromatic rings. The number of aliphatic hydroxyl groups excluding tert-OH is 1. The molecule has 0 aromatic heterocycles. The van der Waals surface area contributed by atoms with Gasteiger partial charge in [0, 0.05) is 16.8 Å². The van der Waals surface area contributed by atoms with Crippen LogP contribution in [0.15, 0.2) is 66.2 Å². The quantitative estimate of drug-likeness (QED) is 0.311. The second-order valence-electron chi connectivity index (χ2n) is 8.09. The zero-order chi connectivity index (χ0) is 26.0. The second-order valence-corrected chi connectivity index (χ2v) is 8.09. The monoisotopic (exact) mass is 484 g/mol. The lowest BCUT2D eigenvalue weighted by molar-refractivity contribution is -0.132. The number of nitriles is 1. The van der Waals surface area contributed by atoms with Crippen LogP contribution in [0.25, 0.3) is 5.76 Å². The number of rotatable bonds is 6. The Morgan fingerprint density at radius 1 is 0.944 bits per heavy atom. The lowest BCUT2D eigenvalue weighted by Crippen LogP contribution is -2.29. The fourth-order valence-corrected chi connectivity index (χ4v) is 4.40. The van der Waals surface area contributed by atoms with Crippen molar-refractivity contribution in [3.05, 3.63) is 88.5 Å². The molecule has 1 fully saturated rings. The Bertz CT molecular complexity index is 1420. The first-order valence-electron chi connectivity index (χ1n) is 11.0. The highest BCUT2D eigenvalue weighted by Gasteiger charge is 2.48. The molecule has 1 aliphatic rings. The lowest BCUT2D eigenvalue weighted by Gasteiger charge is -2.27. The summed E-state index contributed by atoms with van der Waals surface area (Å²) >= 11 is 0. The number of nitrogens with zero attached hydrogens (tertiary/aromatic N) is 2. The van der Waals surface area contributed by atoms with Gasteiger partial charge in [-0.3, -0.25) is 14.5 Å². The summed E-state index contributed by atoms with van der Waals surface area (Å²) in [5, 5.41) is 20.6. The Morgan fingerprint density at radius 3 is 2.22 bits per heavy atom. The predicted molar refractivity (Wildman–Crippen MR) is 133 cm³/mol. The van der Waals surface area contributed by atoms with Crippen LogP contribution in [0.4, 0.5) is 5.69 Å². The maximum absolute atomic E-state index is 13.4. The summed E-state index contributed by atoms with van der Waals surface area (Å²) in [5.41, 5.74) is 2.25. The van der Waals surface area contributed by atoms with Crippen LogP contribution in [0.1, 0.15) is 28.3 Å². The van der Waals surface area contributed by atoms with Crippen molar-refractivity contribution in [1.29, 1.82) is 5.26 Å². The number of ketones is 1. The largest absolute Gasteiger partial charge is 0.507 e. The molecular weight excluding hydrogens is 460 g/mol. The molecule has 1 amide bonds. The van der Waals surface area contributed by atoms with E-state index >= 15 is 0 Å². The average molecular weight is 485 g/mol. The first-order chi connectivity index (χ1) is 17.4. The second kappa shape index (κ2) is 9.84. The normalized spacial score (nSPS) is 16.5. The van der Waals surface area contributed by atoms with Gasteiger partial charge in [-0.15, -0.1) is 0 Å². The van der Waals surface area contributed by atoms with Crippen LogP contribution in [0.5, 0.6) is 17.2 Å². The van der Waals surface area contributed by atoms with Crippen LogP contribution >= 0.6 is 0 Å². The van der Waals surface area contributed by atoms with Crippen molar-refractivity contribution in [2.24, 2.45) is 0 Å². The molecule has 182 valence electrons. The third kappa shape index (κ3) is 4.01. The Balaban J connectivity index is 2.00. The van der Waals surface area contributed by atoms with Gasteiger partial charge in [0.05, 0.1) is 44.6 Å². The molecule has 3 aromatic carbocycles. The number of benzene rings is 3. The third-order valence-electron chi connectivity index (χ3n) is 6.12. The van der Waals surface area contributed by atoms with Gasteiger partial charge in [0.25, 0.3) is 11.7 Å². The van der Waals surface area contributed by atoms with E-state index in [0.717, 1.165) is 5.56 Å². The molecule has 1 unspecified atom stereocenters. The van der Waals surface area contributed by atoms with Crippen LogP contribution in [0.2, 0.25) is 0 Å². The van der Waals surface area contributed by atoms with Crippen LogP contribution in [0.3, 0.4) is 0 Å². The minimum Gasteiger partial charge on any atom is -0.507 e. The van der Waals surface area contributed by atoms with Crippen molar-refractivity contribution in [1.82, 2.24) is 0 Å². The van der Waals surface area contributed by atoms with Crippen molar-refractivity contribution in [3.8, 4) is 23.3 Å². The standard InChI is InChI=1S/C28H24N2O6/c1-16-14-18(10-13-21(16)34-2)25(31)23-24(20-6-5-7-22(35-3)27(20)36-4)30(28(33)26(23)32)19-11-8-17(15-29)9-12-19/h5-14,24,31H,1-4H3/b25-23-. The van der Waals surface area contributed by atoms with Crippen molar-refractivity contribution < 1.29 is 28.9 Å². The summed E-state index contributed by atoms with van der Waals surface area (Å²) in [4.78, 5) is 28.1. The molecule has 1 N–H and O–H groups in total. The lowest BCUT2D eigenvalue weighted by atomic mass is 9.93. The zero-order valence-corrected chi connectivity index (χ0v) is 20.2. The highest BCUT2D eigenvalue weighted by atomic mass is 16.5. The maximum Gasteiger partial charge on any atom is 0.300 e. The summed E-state index contributed by atoms with van der Waals surface area (Å²) in [7, 11) is 4.49. The van der Waals surface area contributed by atoms with Crippen molar-refractivity contribution in [2.75, 3.05) is 26.2 Å². The fourth-order valence-electron chi connectivity index (χ4n) is 4.40. The average Bonchev–Trinajstić information content (AvgIpc) is 3.17. The Morgan fingerprint density at radius 2 is 1.64 bits per heavy atom. The number of amides is 1. The van der Waals surface area contributed by atoms with Gasteiger partial charge in [-0.25, -0.2) is 0 Å². The van der Waals surface area contributed by atoms with Crippen LogP contribution < -0.4 is 19.1 Å². The molecule has 1 aliphatic heterocycles. The van der Waals surface area contributed by atoms with Gasteiger partial charge < -0.3 is 19.3 Å². The summed E-state index contributed by atoms with van der Waals surface area (Å²) in [6.07, 6.45) is 0. The van der Waals surface area contributed by atoms with Crippen molar-refractivity contribution >= 4 is 23.1 Å². The molecule has 1 saturated heterocycles. The molecule has 0 radical (unpaired) electrons. The summed E-state index contributed by atoms with van der Waals surface area (Å²) in [6, 6.07) is 17.4. The molecule has 1 heterocycles. The van der Waals surface area contributed by atoms with Crippen molar-refractivity contribution in [3.63, 3.8) is 0 Å². The number of aryl methyl sites for hydroxylation is 1. The van der Waals surface area contributed by atoms with Crippen LogP contribution in [0, 0.1) is 18.3 Å². The number of para-hydroxylation sites is 1. The number of carbonyl (C=O) groups is 2. The topological polar surface area (TPSA) is 109 Å². The van der Waals surface area contributed by atoms with E-state index in [9.17, 15) is 20.0 Å².